The van der Waals surface area contributed by atoms with Crippen LogP contribution in [0.5, 0.6) is 0 Å². The lowest BCUT2D eigenvalue weighted by atomic mass is 9.91. The Morgan fingerprint density at radius 3 is 2.37 bits per heavy atom. The molecule has 7 heteroatoms. The summed E-state index contributed by atoms with van der Waals surface area (Å²) in [7, 11) is 0. The lowest BCUT2D eigenvalue weighted by molar-refractivity contribution is -0.138. The van der Waals surface area contributed by atoms with Crippen molar-refractivity contribution in [1.82, 2.24) is 15.3 Å². The molecule has 1 saturated carbocycles. The van der Waals surface area contributed by atoms with Crippen LogP contribution in [0, 0.1) is 18.8 Å². The van der Waals surface area contributed by atoms with Gasteiger partial charge in [0.05, 0.1) is 11.3 Å². The Morgan fingerprint density at radius 1 is 1.33 bits per heavy atom. The highest BCUT2D eigenvalue weighted by atomic mass is 35.5. The highest BCUT2D eigenvalue weighted by Crippen LogP contribution is 2.37. The molecule has 1 aliphatic carbocycles. The van der Waals surface area contributed by atoms with Gasteiger partial charge in [-0.15, -0.1) is 0 Å². The largest absolute Gasteiger partial charge is 0.419 e. The zero-order valence-electron chi connectivity index (χ0n) is 17.3. The van der Waals surface area contributed by atoms with E-state index >= 15 is 0 Å². The molecular weight excluding hydrogens is 375 g/mol. The van der Waals surface area contributed by atoms with Gasteiger partial charge in [-0.25, -0.2) is 9.97 Å². The second-order valence-corrected chi connectivity index (χ2v) is 7.00. The second-order valence-electron chi connectivity index (χ2n) is 6.67. The first-order valence-corrected chi connectivity index (χ1v) is 9.95. The molecule has 0 radical (unpaired) electrons. The molecule has 0 saturated heterocycles. The van der Waals surface area contributed by atoms with Crippen molar-refractivity contribution in [3.05, 3.63) is 35.0 Å². The Hall–Kier alpha value is -1.30. The number of aromatic nitrogens is 2. The highest BCUT2D eigenvalue weighted by Gasteiger charge is 2.33. The van der Waals surface area contributed by atoms with E-state index in [0.29, 0.717) is 12.2 Å². The Kier molecular flexibility index (Phi) is 11.6. The van der Waals surface area contributed by atoms with E-state index in [1.165, 1.54) is 38.3 Å². The molecule has 1 fully saturated rings. The van der Waals surface area contributed by atoms with Gasteiger partial charge in [0, 0.05) is 23.9 Å². The third kappa shape index (κ3) is 8.96. The predicted octanol–water partition coefficient (Wildman–Crippen LogP) is 6.81. The smallest absolute Gasteiger partial charge is 0.386 e. The van der Waals surface area contributed by atoms with Gasteiger partial charge in [0.2, 0.25) is 5.28 Å². The SMILES string of the molecule is C=C(NC(C)C)C1CCCC1CC.CC.Cc1nc(Cl)ncc1C(F)(F)F. The van der Waals surface area contributed by atoms with Crippen molar-refractivity contribution in [2.75, 3.05) is 0 Å². The van der Waals surface area contributed by atoms with E-state index in [4.69, 9.17) is 11.6 Å². The molecule has 27 heavy (non-hydrogen) atoms. The van der Waals surface area contributed by atoms with Crippen molar-refractivity contribution >= 4 is 11.6 Å². The van der Waals surface area contributed by atoms with Crippen LogP contribution in [0.3, 0.4) is 0 Å². The van der Waals surface area contributed by atoms with Crippen LogP contribution in [0.1, 0.15) is 71.6 Å². The monoisotopic (exact) mass is 407 g/mol. The fourth-order valence-corrected chi connectivity index (χ4v) is 3.35. The van der Waals surface area contributed by atoms with Gasteiger partial charge < -0.3 is 5.32 Å². The molecule has 1 heterocycles. The topological polar surface area (TPSA) is 37.8 Å². The Bertz CT molecular complexity index is 574. The van der Waals surface area contributed by atoms with Crippen LogP contribution in [0.2, 0.25) is 5.28 Å². The second kappa shape index (κ2) is 12.2. The Labute approximate surface area is 166 Å². The number of nitrogens with one attached hydrogen (secondary N) is 1. The van der Waals surface area contributed by atoms with E-state index in [1.807, 2.05) is 13.8 Å². The first kappa shape index (κ1) is 25.7. The molecule has 0 aromatic carbocycles. The van der Waals surface area contributed by atoms with Crippen LogP contribution in [0.4, 0.5) is 13.2 Å². The number of rotatable bonds is 4. The summed E-state index contributed by atoms with van der Waals surface area (Å²) in [5.41, 5.74) is 0.258. The number of halogens is 4. The highest BCUT2D eigenvalue weighted by molar-refractivity contribution is 6.28. The maximum atomic E-state index is 12.1. The molecular formula is C20H33ClF3N3. The Morgan fingerprint density at radius 2 is 1.93 bits per heavy atom. The van der Waals surface area contributed by atoms with E-state index < -0.39 is 11.7 Å². The van der Waals surface area contributed by atoms with Crippen LogP contribution in [-0.4, -0.2) is 16.0 Å². The number of hydrogen-bond acceptors (Lipinski definition) is 3. The van der Waals surface area contributed by atoms with Crippen molar-refractivity contribution in [3.63, 3.8) is 0 Å². The minimum absolute atomic E-state index is 0.164. The number of aryl methyl sites for hydroxylation is 1. The van der Waals surface area contributed by atoms with E-state index in [1.54, 1.807) is 0 Å². The summed E-state index contributed by atoms with van der Waals surface area (Å²) in [6.45, 7) is 16.1. The van der Waals surface area contributed by atoms with Gasteiger partial charge >= 0.3 is 6.18 Å². The molecule has 156 valence electrons. The zero-order valence-corrected chi connectivity index (χ0v) is 18.0. The molecule has 1 aliphatic rings. The lowest BCUT2D eigenvalue weighted by Gasteiger charge is -2.23. The van der Waals surface area contributed by atoms with Crippen molar-refractivity contribution in [1.29, 1.82) is 0 Å². The van der Waals surface area contributed by atoms with Gasteiger partial charge in [0.25, 0.3) is 0 Å². The van der Waals surface area contributed by atoms with E-state index in [-0.39, 0.29) is 11.0 Å². The predicted molar refractivity (Wildman–Crippen MR) is 107 cm³/mol. The zero-order chi connectivity index (χ0) is 21.2. The molecule has 2 rings (SSSR count). The summed E-state index contributed by atoms with van der Waals surface area (Å²) in [6, 6.07) is 0.533. The normalized spacial score (nSPS) is 18.9. The molecule has 2 atom stereocenters. The molecule has 0 amide bonds. The molecule has 0 spiro atoms. The quantitative estimate of drug-likeness (QED) is 0.557. The summed E-state index contributed by atoms with van der Waals surface area (Å²) < 4.78 is 36.2. The van der Waals surface area contributed by atoms with Crippen LogP contribution >= 0.6 is 11.6 Å². The molecule has 0 bridgehead atoms. The summed E-state index contributed by atoms with van der Waals surface area (Å²) >= 11 is 5.28. The number of allylic oxidation sites excluding steroid dienone is 1. The van der Waals surface area contributed by atoms with Crippen molar-refractivity contribution in [3.8, 4) is 0 Å². The fraction of sp³-hybridized carbons (Fsp3) is 0.700. The molecule has 1 aromatic rings. The molecule has 1 aromatic heterocycles. The maximum absolute atomic E-state index is 12.1. The van der Waals surface area contributed by atoms with Crippen molar-refractivity contribution in [2.45, 2.75) is 79.4 Å². The van der Waals surface area contributed by atoms with Crippen molar-refractivity contribution < 1.29 is 13.2 Å². The van der Waals surface area contributed by atoms with Crippen molar-refractivity contribution in [2.24, 2.45) is 11.8 Å². The first-order valence-electron chi connectivity index (χ1n) is 9.57. The van der Waals surface area contributed by atoms with Gasteiger partial charge in [-0.1, -0.05) is 40.2 Å². The van der Waals surface area contributed by atoms with E-state index in [9.17, 15) is 13.2 Å². The number of hydrogen-bond donors (Lipinski definition) is 1. The number of nitrogens with zero attached hydrogens (tertiary/aromatic N) is 2. The summed E-state index contributed by atoms with van der Waals surface area (Å²) in [5.74, 6) is 1.63. The molecule has 1 N–H and O–H groups in total. The van der Waals surface area contributed by atoms with Crippen LogP contribution in [0.15, 0.2) is 18.5 Å². The van der Waals surface area contributed by atoms with Crippen LogP contribution < -0.4 is 5.32 Å². The van der Waals surface area contributed by atoms with Gasteiger partial charge in [0.1, 0.15) is 0 Å². The van der Waals surface area contributed by atoms with Crippen LogP contribution in [-0.2, 0) is 6.18 Å². The molecule has 0 aliphatic heterocycles. The van der Waals surface area contributed by atoms with Gasteiger partial charge in [-0.05, 0) is 51.1 Å². The minimum Gasteiger partial charge on any atom is -0.386 e. The summed E-state index contributed by atoms with van der Waals surface area (Å²) in [5, 5.41) is 3.27. The van der Waals surface area contributed by atoms with Gasteiger partial charge in [0.15, 0.2) is 0 Å². The van der Waals surface area contributed by atoms with Gasteiger partial charge in [-0.2, -0.15) is 13.2 Å². The average molecular weight is 408 g/mol. The first-order chi connectivity index (χ1) is 12.6. The Balaban J connectivity index is 0.000000460. The third-order valence-electron chi connectivity index (χ3n) is 4.36. The van der Waals surface area contributed by atoms with Crippen LogP contribution in [0.25, 0.3) is 0 Å². The maximum Gasteiger partial charge on any atom is 0.419 e. The lowest BCUT2D eigenvalue weighted by Crippen LogP contribution is -2.27. The number of alkyl halides is 3. The summed E-state index contributed by atoms with van der Waals surface area (Å²) in [6.07, 6.45) is 1.71. The van der Waals surface area contributed by atoms with E-state index in [0.717, 1.165) is 11.8 Å². The minimum atomic E-state index is -4.41. The van der Waals surface area contributed by atoms with E-state index in [2.05, 4.69) is 42.6 Å². The molecule has 2 unspecified atom stereocenters. The standard InChI is InChI=1S/C12H23N.C6H4ClF3N2.C2H6/c1-5-11-7-6-8-12(11)10(4)13-9(2)3;1-3-4(6(8,9)10)2-11-5(7)12-3;1-2/h9,11-13H,4-8H2,1-3H3;2H,1H3;1-2H3. The third-order valence-corrected chi connectivity index (χ3v) is 4.54. The average Bonchev–Trinajstić information content (AvgIpc) is 3.04. The molecule has 3 nitrogen and oxygen atoms in total. The van der Waals surface area contributed by atoms with Gasteiger partial charge in [-0.3, -0.25) is 0 Å². The fourth-order valence-electron chi connectivity index (χ4n) is 3.18. The summed E-state index contributed by atoms with van der Waals surface area (Å²) in [4.78, 5) is 6.62.